The molecule has 0 unspecified atom stereocenters. The maximum absolute atomic E-state index is 13.4. The summed E-state index contributed by atoms with van der Waals surface area (Å²) in [6, 6.07) is 3.84. The van der Waals surface area contributed by atoms with E-state index in [0.717, 1.165) is 6.07 Å². The number of aliphatic carboxylic acids is 1. The minimum absolute atomic E-state index is 0.109. The minimum Gasteiger partial charge on any atom is -0.497 e. The molecular weight excluding hydrogens is 215 g/mol. The predicted octanol–water partition coefficient (Wildman–Crippen LogP) is 1.88. The largest absolute Gasteiger partial charge is 0.497 e. The van der Waals surface area contributed by atoms with Gasteiger partial charge in [-0.2, -0.15) is 0 Å². The molecular formula is C11H11FO4. The van der Waals surface area contributed by atoms with E-state index in [4.69, 9.17) is 9.84 Å². The van der Waals surface area contributed by atoms with Gasteiger partial charge in [-0.3, -0.25) is 9.59 Å². The number of hydrogen-bond acceptors (Lipinski definition) is 3. The van der Waals surface area contributed by atoms with Crippen LogP contribution in [0.2, 0.25) is 0 Å². The van der Waals surface area contributed by atoms with Crippen LogP contribution in [0.5, 0.6) is 5.75 Å². The average molecular weight is 226 g/mol. The first-order chi connectivity index (χ1) is 7.54. The van der Waals surface area contributed by atoms with Crippen molar-refractivity contribution in [3.05, 3.63) is 29.6 Å². The van der Waals surface area contributed by atoms with E-state index in [2.05, 4.69) is 0 Å². The van der Waals surface area contributed by atoms with Crippen LogP contribution in [0, 0.1) is 5.82 Å². The van der Waals surface area contributed by atoms with Crippen molar-refractivity contribution in [3.63, 3.8) is 0 Å². The molecule has 1 aromatic carbocycles. The van der Waals surface area contributed by atoms with Crippen LogP contribution in [0.25, 0.3) is 0 Å². The Kier molecular flexibility index (Phi) is 3.99. The van der Waals surface area contributed by atoms with Crippen LogP contribution < -0.4 is 4.74 Å². The lowest BCUT2D eigenvalue weighted by atomic mass is 10.1. The number of carbonyl (C=O) groups excluding carboxylic acids is 1. The first-order valence-electron chi connectivity index (χ1n) is 4.63. The smallest absolute Gasteiger partial charge is 0.303 e. The average Bonchev–Trinajstić information content (AvgIpc) is 2.25. The van der Waals surface area contributed by atoms with Crippen molar-refractivity contribution < 1.29 is 23.8 Å². The first kappa shape index (κ1) is 12.2. The second kappa shape index (κ2) is 5.25. The maximum Gasteiger partial charge on any atom is 0.303 e. The van der Waals surface area contributed by atoms with Crippen LogP contribution in [0.1, 0.15) is 23.2 Å². The van der Waals surface area contributed by atoms with Crippen molar-refractivity contribution in [1.82, 2.24) is 0 Å². The van der Waals surface area contributed by atoms with E-state index >= 15 is 0 Å². The molecule has 0 spiro atoms. The number of benzene rings is 1. The van der Waals surface area contributed by atoms with Crippen LogP contribution in [0.15, 0.2) is 18.2 Å². The quantitative estimate of drug-likeness (QED) is 0.778. The molecule has 16 heavy (non-hydrogen) atoms. The van der Waals surface area contributed by atoms with Crippen molar-refractivity contribution in [2.75, 3.05) is 7.11 Å². The lowest BCUT2D eigenvalue weighted by Gasteiger charge is -2.04. The molecule has 0 radical (unpaired) electrons. The number of rotatable bonds is 5. The Balaban J connectivity index is 2.79. The summed E-state index contributed by atoms with van der Waals surface area (Å²) < 4.78 is 18.1. The van der Waals surface area contributed by atoms with E-state index in [1.54, 1.807) is 0 Å². The second-order valence-corrected chi connectivity index (χ2v) is 3.16. The molecule has 1 aromatic rings. The number of Topliss-reactive ketones (excluding diaryl/α,β-unsaturated/α-hetero) is 1. The molecule has 0 aliphatic carbocycles. The van der Waals surface area contributed by atoms with Gasteiger partial charge in [0.25, 0.3) is 0 Å². The molecule has 0 aliphatic heterocycles. The van der Waals surface area contributed by atoms with Gasteiger partial charge in [-0.1, -0.05) is 0 Å². The Morgan fingerprint density at radius 2 is 2.06 bits per heavy atom. The number of ether oxygens (including phenoxy) is 1. The normalized spacial score (nSPS) is 9.88. The number of hydrogen-bond donors (Lipinski definition) is 1. The van der Waals surface area contributed by atoms with Gasteiger partial charge in [0.1, 0.15) is 11.6 Å². The van der Waals surface area contributed by atoms with Gasteiger partial charge >= 0.3 is 5.97 Å². The summed E-state index contributed by atoms with van der Waals surface area (Å²) in [4.78, 5) is 21.7. The van der Waals surface area contributed by atoms with E-state index in [1.165, 1.54) is 19.2 Å². The van der Waals surface area contributed by atoms with Gasteiger partial charge in [0.2, 0.25) is 0 Å². The van der Waals surface area contributed by atoms with Gasteiger partial charge in [-0.15, -0.1) is 0 Å². The van der Waals surface area contributed by atoms with Crippen molar-refractivity contribution in [1.29, 1.82) is 0 Å². The Morgan fingerprint density at radius 1 is 1.38 bits per heavy atom. The Bertz CT molecular complexity index is 414. The fraction of sp³-hybridized carbons (Fsp3) is 0.273. The number of halogens is 1. The molecule has 0 aromatic heterocycles. The molecule has 5 heteroatoms. The third kappa shape index (κ3) is 3.05. The lowest BCUT2D eigenvalue weighted by Crippen LogP contribution is -2.06. The summed E-state index contributed by atoms with van der Waals surface area (Å²) in [5.41, 5.74) is -0.109. The molecule has 0 aliphatic rings. The predicted molar refractivity (Wildman–Crippen MR) is 54.2 cm³/mol. The first-order valence-corrected chi connectivity index (χ1v) is 4.63. The molecule has 0 saturated heterocycles. The van der Waals surface area contributed by atoms with Crippen molar-refractivity contribution in [2.45, 2.75) is 12.8 Å². The van der Waals surface area contributed by atoms with Gasteiger partial charge in [0.15, 0.2) is 5.78 Å². The van der Waals surface area contributed by atoms with Crippen LogP contribution >= 0.6 is 0 Å². The summed E-state index contributed by atoms with van der Waals surface area (Å²) in [5, 5.41) is 8.39. The Labute approximate surface area is 91.7 Å². The zero-order chi connectivity index (χ0) is 12.1. The van der Waals surface area contributed by atoms with E-state index in [1.807, 2.05) is 0 Å². The highest BCUT2D eigenvalue weighted by molar-refractivity contribution is 5.97. The van der Waals surface area contributed by atoms with Crippen molar-refractivity contribution in [3.8, 4) is 5.75 Å². The van der Waals surface area contributed by atoms with Gasteiger partial charge in [-0.05, 0) is 12.1 Å². The molecule has 4 nitrogen and oxygen atoms in total. The molecule has 0 heterocycles. The standard InChI is InChI=1S/C11H11FO4/c1-16-7-2-3-8(9(12)6-7)10(13)4-5-11(14)15/h2-3,6H,4-5H2,1H3,(H,14,15). The molecule has 0 fully saturated rings. The maximum atomic E-state index is 13.4. The number of ketones is 1. The Morgan fingerprint density at radius 3 is 2.56 bits per heavy atom. The van der Waals surface area contributed by atoms with E-state index < -0.39 is 17.6 Å². The molecule has 86 valence electrons. The fourth-order valence-corrected chi connectivity index (χ4v) is 1.20. The third-order valence-corrected chi connectivity index (χ3v) is 2.04. The molecule has 1 N–H and O–H groups in total. The number of carboxylic acid groups (broad SMARTS) is 1. The lowest BCUT2D eigenvalue weighted by molar-refractivity contribution is -0.136. The minimum atomic E-state index is -1.08. The molecule has 0 atom stereocenters. The number of carboxylic acids is 1. The summed E-state index contributed by atoms with van der Waals surface area (Å²) in [5.74, 6) is -1.99. The van der Waals surface area contributed by atoms with E-state index in [0.29, 0.717) is 5.75 Å². The highest BCUT2D eigenvalue weighted by Gasteiger charge is 2.13. The number of carbonyl (C=O) groups is 2. The van der Waals surface area contributed by atoms with E-state index in [-0.39, 0.29) is 18.4 Å². The van der Waals surface area contributed by atoms with Gasteiger partial charge in [0, 0.05) is 12.5 Å². The topological polar surface area (TPSA) is 63.6 Å². The van der Waals surface area contributed by atoms with Crippen molar-refractivity contribution >= 4 is 11.8 Å². The van der Waals surface area contributed by atoms with Crippen LogP contribution in [-0.2, 0) is 4.79 Å². The fourth-order valence-electron chi connectivity index (χ4n) is 1.20. The highest BCUT2D eigenvalue weighted by Crippen LogP contribution is 2.17. The monoisotopic (exact) mass is 226 g/mol. The zero-order valence-electron chi connectivity index (χ0n) is 8.70. The summed E-state index contributed by atoms with van der Waals surface area (Å²) >= 11 is 0. The molecule has 1 rings (SSSR count). The van der Waals surface area contributed by atoms with Crippen LogP contribution in [0.3, 0.4) is 0 Å². The van der Waals surface area contributed by atoms with Gasteiger partial charge in [0.05, 0.1) is 19.1 Å². The molecule has 0 amide bonds. The molecule has 0 bridgehead atoms. The van der Waals surface area contributed by atoms with Crippen molar-refractivity contribution in [2.24, 2.45) is 0 Å². The van der Waals surface area contributed by atoms with Gasteiger partial charge < -0.3 is 9.84 Å². The van der Waals surface area contributed by atoms with E-state index in [9.17, 15) is 14.0 Å². The third-order valence-electron chi connectivity index (χ3n) is 2.04. The second-order valence-electron chi connectivity index (χ2n) is 3.16. The number of methoxy groups -OCH3 is 1. The van der Waals surface area contributed by atoms with Crippen LogP contribution in [-0.4, -0.2) is 24.0 Å². The summed E-state index contributed by atoms with van der Waals surface area (Å²) in [6.45, 7) is 0. The van der Waals surface area contributed by atoms with Crippen LogP contribution in [0.4, 0.5) is 4.39 Å². The SMILES string of the molecule is COc1ccc(C(=O)CCC(=O)O)c(F)c1. The molecule has 0 saturated carbocycles. The zero-order valence-corrected chi connectivity index (χ0v) is 8.70. The highest BCUT2D eigenvalue weighted by atomic mass is 19.1. The summed E-state index contributed by atoms with van der Waals surface area (Å²) in [7, 11) is 1.39. The Hall–Kier alpha value is -1.91. The summed E-state index contributed by atoms with van der Waals surface area (Å²) in [6.07, 6.45) is -0.511. The van der Waals surface area contributed by atoms with Gasteiger partial charge in [-0.25, -0.2) is 4.39 Å².